The monoisotopic (exact) mass is 289 g/mol. The summed E-state index contributed by atoms with van der Waals surface area (Å²) in [6, 6.07) is 10.2. The highest BCUT2D eigenvalue weighted by Crippen LogP contribution is 2.25. The molecule has 1 unspecified atom stereocenters. The lowest BCUT2D eigenvalue weighted by molar-refractivity contribution is 0.464. The summed E-state index contributed by atoms with van der Waals surface area (Å²) in [5.41, 5.74) is 3.93. The molecule has 0 aliphatic rings. The molecule has 1 N–H and O–H groups in total. The van der Waals surface area contributed by atoms with Crippen molar-refractivity contribution in [3.8, 4) is 0 Å². The van der Waals surface area contributed by atoms with E-state index in [2.05, 4.69) is 5.32 Å². The van der Waals surface area contributed by atoms with E-state index in [0.717, 1.165) is 6.07 Å². The summed E-state index contributed by atoms with van der Waals surface area (Å²) in [7, 11) is 0. The molecule has 1 atom stereocenters. The van der Waals surface area contributed by atoms with Crippen molar-refractivity contribution in [2.45, 2.75) is 33.2 Å². The van der Waals surface area contributed by atoms with E-state index >= 15 is 0 Å². The second kappa shape index (κ2) is 6.81. The molecule has 0 spiro atoms. The van der Waals surface area contributed by atoms with Crippen LogP contribution in [0, 0.1) is 25.5 Å². The molecule has 2 aromatic carbocycles. The zero-order valence-corrected chi connectivity index (χ0v) is 12.7. The lowest BCUT2D eigenvalue weighted by atomic mass is 9.92. The van der Waals surface area contributed by atoms with Gasteiger partial charge < -0.3 is 5.32 Å². The SMILES string of the molecule is CCNC(Cc1c(C)cccc1C)c1cccc(F)c1F. The molecule has 0 bridgehead atoms. The number of rotatable bonds is 5. The molecule has 3 heteroatoms. The first kappa shape index (κ1) is 15.6. The van der Waals surface area contributed by atoms with Crippen molar-refractivity contribution in [2.75, 3.05) is 6.54 Å². The average Bonchev–Trinajstić information content (AvgIpc) is 2.45. The van der Waals surface area contributed by atoms with Crippen molar-refractivity contribution < 1.29 is 8.78 Å². The Morgan fingerprint density at radius 3 is 2.24 bits per heavy atom. The van der Waals surface area contributed by atoms with Crippen LogP contribution in [0.5, 0.6) is 0 Å². The van der Waals surface area contributed by atoms with Gasteiger partial charge in [0.05, 0.1) is 0 Å². The van der Waals surface area contributed by atoms with Gasteiger partial charge in [-0.25, -0.2) is 8.78 Å². The van der Waals surface area contributed by atoms with Crippen LogP contribution in [0.25, 0.3) is 0 Å². The zero-order valence-electron chi connectivity index (χ0n) is 12.7. The molecule has 2 aromatic rings. The van der Waals surface area contributed by atoms with E-state index in [0.29, 0.717) is 18.5 Å². The third-order valence-corrected chi connectivity index (χ3v) is 3.86. The van der Waals surface area contributed by atoms with Crippen LogP contribution in [0.3, 0.4) is 0 Å². The third-order valence-electron chi connectivity index (χ3n) is 3.86. The predicted octanol–water partition coefficient (Wildman–Crippen LogP) is 4.47. The Morgan fingerprint density at radius 2 is 1.62 bits per heavy atom. The van der Waals surface area contributed by atoms with E-state index < -0.39 is 11.6 Å². The standard InChI is InChI=1S/C18H21F2N/c1-4-21-17(14-9-6-10-16(19)18(14)20)11-15-12(2)7-5-8-13(15)3/h5-10,17,21H,4,11H2,1-3H3. The highest BCUT2D eigenvalue weighted by molar-refractivity contribution is 5.36. The van der Waals surface area contributed by atoms with E-state index in [1.165, 1.54) is 16.7 Å². The van der Waals surface area contributed by atoms with Crippen molar-refractivity contribution >= 4 is 0 Å². The Bertz CT molecular complexity index is 602. The fourth-order valence-corrected chi connectivity index (χ4v) is 2.70. The number of benzene rings is 2. The summed E-state index contributed by atoms with van der Waals surface area (Å²) in [4.78, 5) is 0. The molecule has 0 aromatic heterocycles. The van der Waals surface area contributed by atoms with Crippen LogP contribution < -0.4 is 5.32 Å². The third kappa shape index (κ3) is 3.48. The summed E-state index contributed by atoms with van der Waals surface area (Å²) < 4.78 is 27.5. The van der Waals surface area contributed by atoms with E-state index in [4.69, 9.17) is 0 Å². The summed E-state index contributed by atoms with van der Waals surface area (Å²) in [5, 5.41) is 3.26. The van der Waals surface area contributed by atoms with Crippen molar-refractivity contribution in [3.05, 3.63) is 70.3 Å². The molecule has 0 aliphatic heterocycles. The minimum atomic E-state index is -0.795. The van der Waals surface area contributed by atoms with E-state index in [-0.39, 0.29) is 6.04 Å². The first-order valence-electron chi connectivity index (χ1n) is 7.27. The highest BCUT2D eigenvalue weighted by Gasteiger charge is 2.19. The van der Waals surface area contributed by atoms with Gasteiger partial charge in [-0.2, -0.15) is 0 Å². The molecule has 112 valence electrons. The molecule has 0 fully saturated rings. The number of aryl methyl sites for hydroxylation is 2. The lowest BCUT2D eigenvalue weighted by Gasteiger charge is -2.21. The number of hydrogen-bond donors (Lipinski definition) is 1. The molecule has 0 heterocycles. The number of halogens is 2. The van der Waals surface area contributed by atoms with Gasteiger partial charge in [-0.05, 0) is 49.6 Å². The van der Waals surface area contributed by atoms with Gasteiger partial charge >= 0.3 is 0 Å². The second-order valence-electron chi connectivity index (χ2n) is 5.33. The molecule has 0 amide bonds. The van der Waals surface area contributed by atoms with Crippen LogP contribution in [0.2, 0.25) is 0 Å². The van der Waals surface area contributed by atoms with Crippen molar-refractivity contribution in [1.29, 1.82) is 0 Å². The number of nitrogens with one attached hydrogen (secondary N) is 1. The average molecular weight is 289 g/mol. The van der Waals surface area contributed by atoms with Crippen LogP contribution in [0.4, 0.5) is 8.78 Å². The Balaban J connectivity index is 2.38. The molecule has 0 saturated heterocycles. The van der Waals surface area contributed by atoms with Gasteiger partial charge in [-0.15, -0.1) is 0 Å². The molecule has 0 radical (unpaired) electrons. The van der Waals surface area contributed by atoms with Gasteiger partial charge in [0.1, 0.15) is 0 Å². The van der Waals surface area contributed by atoms with Gasteiger partial charge in [0.15, 0.2) is 11.6 Å². The molecule has 1 nitrogen and oxygen atoms in total. The maximum Gasteiger partial charge on any atom is 0.163 e. The minimum Gasteiger partial charge on any atom is -0.310 e. The first-order valence-corrected chi connectivity index (χ1v) is 7.27. The van der Waals surface area contributed by atoms with Crippen LogP contribution >= 0.6 is 0 Å². The van der Waals surface area contributed by atoms with Gasteiger partial charge in [0, 0.05) is 11.6 Å². The summed E-state index contributed by atoms with van der Waals surface area (Å²) in [6.45, 7) is 6.76. The van der Waals surface area contributed by atoms with Gasteiger partial charge in [-0.1, -0.05) is 37.3 Å². The Hall–Kier alpha value is -1.74. The molecule has 2 rings (SSSR count). The van der Waals surface area contributed by atoms with Crippen LogP contribution in [-0.4, -0.2) is 6.54 Å². The van der Waals surface area contributed by atoms with Crippen molar-refractivity contribution in [2.24, 2.45) is 0 Å². The van der Waals surface area contributed by atoms with E-state index in [1.807, 2.05) is 39.0 Å². The molecule has 0 aliphatic carbocycles. The van der Waals surface area contributed by atoms with Crippen molar-refractivity contribution in [3.63, 3.8) is 0 Å². The Morgan fingerprint density at radius 1 is 1.00 bits per heavy atom. The quantitative estimate of drug-likeness (QED) is 0.856. The molecular weight excluding hydrogens is 268 g/mol. The van der Waals surface area contributed by atoms with Gasteiger partial charge in [-0.3, -0.25) is 0 Å². The van der Waals surface area contributed by atoms with Crippen LogP contribution in [-0.2, 0) is 6.42 Å². The smallest absolute Gasteiger partial charge is 0.163 e. The fourth-order valence-electron chi connectivity index (χ4n) is 2.70. The Labute approximate surface area is 125 Å². The number of hydrogen-bond acceptors (Lipinski definition) is 1. The molecule has 0 saturated carbocycles. The topological polar surface area (TPSA) is 12.0 Å². The summed E-state index contributed by atoms with van der Waals surface area (Å²) in [6.07, 6.45) is 0.646. The molecule has 21 heavy (non-hydrogen) atoms. The maximum atomic E-state index is 14.1. The minimum absolute atomic E-state index is 0.231. The van der Waals surface area contributed by atoms with E-state index in [1.54, 1.807) is 12.1 Å². The highest BCUT2D eigenvalue weighted by atomic mass is 19.2. The maximum absolute atomic E-state index is 14.1. The van der Waals surface area contributed by atoms with Gasteiger partial charge in [0.25, 0.3) is 0 Å². The van der Waals surface area contributed by atoms with Crippen LogP contribution in [0.1, 0.15) is 35.2 Å². The first-order chi connectivity index (χ1) is 10.0. The predicted molar refractivity (Wildman–Crippen MR) is 82.4 cm³/mol. The van der Waals surface area contributed by atoms with Crippen molar-refractivity contribution in [1.82, 2.24) is 5.32 Å². The van der Waals surface area contributed by atoms with E-state index in [9.17, 15) is 8.78 Å². The van der Waals surface area contributed by atoms with Gasteiger partial charge in [0.2, 0.25) is 0 Å². The Kier molecular flexibility index (Phi) is 5.07. The fraction of sp³-hybridized carbons (Fsp3) is 0.333. The largest absolute Gasteiger partial charge is 0.310 e. The van der Waals surface area contributed by atoms with Crippen LogP contribution in [0.15, 0.2) is 36.4 Å². The number of likely N-dealkylation sites (N-methyl/N-ethyl adjacent to an activating group) is 1. The summed E-state index contributed by atoms with van der Waals surface area (Å²) >= 11 is 0. The molecular formula is C18H21F2N. The zero-order chi connectivity index (χ0) is 15.4. The summed E-state index contributed by atoms with van der Waals surface area (Å²) in [5.74, 6) is -1.55. The normalized spacial score (nSPS) is 12.4. The second-order valence-corrected chi connectivity index (χ2v) is 5.33. The lowest BCUT2D eigenvalue weighted by Crippen LogP contribution is -2.25.